The van der Waals surface area contributed by atoms with Crippen LogP contribution in [0.1, 0.15) is 13.8 Å². The van der Waals surface area contributed by atoms with E-state index in [1.807, 2.05) is 13.8 Å². The minimum Gasteiger partial charge on any atom is -0.367 e. The lowest BCUT2D eigenvalue weighted by molar-refractivity contribution is 0.890. The summed E-state index contributed by atoms with van der Waals surface area (Å²) < 4.78 is 0. The summed E-state index contributed by atoms with van der Waals surface area (Å²) in [5.74, 6) is 0.712. The molecule has 14 heavy (non-hydrogen) atoms. The molecule has 0 saturated carbocycles. The van der Waals surface area contributed by atoms with Crippen molar-refractivity contribution in [3.8, 4) is 0 Å². The van der Waals surface area contributed by atoms with E-state index in [0.29, 0.717) is 17.5 Å². The molecule has 0 unspecified atom stereocenters. The first-order chi connectivity index (χ1) is 6.66. The molecule has 6 heteroatoms. The molecule has 0 aliphatic rings. The number of hydrogen-bond donors (Lipinski definition) is 2. The lowest BCUT2D eigenvalue weighted by Crippen LogP contribution is -2.11. The van der Waals surface area contributed by atoms with E-state index in [1.54, 1.807) is 6.20 Å². The highest BCUT2D eigenvalue weighted by molar-refractivity contribution is 6.28. The summed E-state index contributed by atoms with van der Waals surface area (Å²) >= 11 is 5.75. The zero-order valence-corrected chi connectivity index (χ0v) is 8.63. The van der Waals surface area contributed by atoms with Gasteiger partial charge in [0.05, 0.1) is 11.6 Å². The molecule has 0 spiro atoms. The van der Waals surface area contributed by atoms with Crippen LogP contribution in [0.25, 0.3) is 11.0 Å². The monoisotopic (exact) mass is 211 g/mol. The third kappa shape index (κ3) is 1.63. The van der Waals surface area contributed by atoms with Crippen molar-refractivity contribution in [1.29, 1.82) is 0 Å². The third-order valence-electron chi connectivity index (χ3n) is 1.71. The second-order valence-corrected chi connectivity index (χ2v) is 3.61. The second kappa shape index (κ2) is 3.42. The molecule has 0 aliphatic carbocycles. The summed E-state index contributed by atoms with van der Waals surface area (Å²) in [4.78, 5) is 8.10. The summed E-state index contributed by atoms with van der Waals surface area (Å²) in [6, 6.07) is 0.291. The summed E-state index contributed by atoms with van der Waals surface area (Å²) in [5, 5.41) is 10.9. The standard InChI is InChI=1S/C8H10ClN5/c1-4(2)11-6-5-3-10-14-7(5)13-8(9)12-6/h3-4H,1-2H3,(H2,10,11,12,13,14). The normalized spacial score (nSPS) is 11.1. The summed E-state index contributed by atoms with van der Waals surface area (Å²) in [7, 11) is 0. The predicted molar refractivity (Wildman–Crippen MR) is 55.5 cm³/mol. The molecule has 0 saturated heterocycles. The van der Waals surface area contributed by atoms with Gasteiger partial charge < -0.3 is 5.32 Å². The molecule has 0 radical (unpaired) electrons. The number of H-pyrrole nitrogens is 1. The van der Waals surface area contributed by atoms with E-state index < -0.39 is 0 Å². The van der Waals surface area contributed by atoms with E-state index in [2.05, 4.69) is 25.5 Å². The fourth-order valence-corrected chi connectivity index (χ4v) is 1.36. The van der Waals surface area contributed by atoms with Crippen molar-refractivity contribution in [2.75, 3.05) is 5.32 Å². The Hall–Kier alpha value is -1.36. The number of aromatic nitrogens is 4. The van der Waals surface area contributed by atoms with Crippen LogP contribution in [0.5, 0.6) is 0 Å². The Balaban J connectivity index is 2.55. The molecule has 2 N–H and O–H groups in total. The molecule has 2 aromatic rings. The maximum atomic E-state index is 5.75. The zero-order valence-electron chi connectivity index (χ0n) is 7.87. The Bertz CT molecular complexity index is 450. The van der Waals surface area contributed by atoms with Crippen LogP contribution in [0.15, 0.2) is 6.20 Å². The number of nitrogens with one attached hydrogen (secondary N) is 2. The zero-order chi connectivity index (χ0) is 10.1. The summed E-state index contributed by atoms with van der Waals surface area (Å²) in [6.45, 7) is 4.06. The number of halogens is 1. The molecule has 5 nitrogen and oxygen atoms in total. The average molecular weight is 212 g/mol. The van der Waals surface area contributed by atoms with Crippen LogP contribution in [0.4, 0.5) is 5.82 Å². The first-order valence-corrected chi connectivity index (χ1v) is 4.68. The molecular formula is C8H10ClN5. The first kappa shape index (κ1) is 9.21. The molecule has 74 valence electrons. The summed E-state index contributed by atoms with van der Waals surface area (Å²) in [6.07, 6.45) is 1.68. The van der Waals surface area contributed by atoms with Crippen molar-refractivity contribution in [2.45, 2.75) is 19.9 Å². The van der Waals surface area contributed by atoms with Gasteiger partial charge in [-0.05, 0) is 25.4 Å². The van der Waals surface area contributed by atoms with Gasteiger partial charge in [0, 0.05) is 6.04 Å². The van der Waals surface area contributed by atoms with Crippen LogP contribution in [-0.2, 0) is 0 Å². The number of fused-ring (bicyclic) bond motifs is 1. The Morgan fingerprint density at radius 3 is 2.93 bits per heavy atom. The predicted octanol–water partition coefficient (Wildman–Crippen LogP) is 1.83. The SMILES string of the molecule is CC(C)Nc1nc(Cl)nc2[nH]ncc12. The number of hydrogen-bond acceptors (Lipinski definition) is 4. The Kier molecular flexibility index (Phi) is 2.25. The highest BCUT2D eigenvalue weighted by Gasteiger charge is 2.08. The van der Waals surface area contributed by atoms with Crippen LogP contribution < -0.4 is 5.32 Å². The highest BCUT2D eigenvalue weighted by Crippen LogP contribution is 2.20. The van der Waals surface area contributed by atoms with E-state index in [1.165, 1.54) is 0 Å². The Morgan fingerprint density at radius 2 is 2.21 bits per heavy atom. The Labute approximate surface area is 85.9 Å². The molecular weight excluding hydrogens is 202 g/mol. The van der Waals surface area contributed by atoms with Gasteiger partial charge in [-0.1, -0.05) is 0 Å². The van der Waals surface area contributed by atoms with E-state index in [0.717, 1.165) is 5.39 Å². The smallest absolute Gasteiger partial charge is 0.226 e. The van der Waals surface area contributed by atoms with E-state index in [-0.39, 0.29) is 5.28 Å². The van der Waals surface area contributed by atoms with Gasteiger partial charge in [-0.3, -0.25) is 5.10 Å². The first-order valence-electron chi connectivity index (χ1n) is 4.30. The molecule has 0 fully saturated rings. The van der Waals surface area contributed by atoms with Gasteiger partial charge in [-0.25, -0.2) is 0 Å². The molecule has 2 heterocycles. The average Bonchev–Trinajstić information content (AvgIpc) is 2.50. The third-order valence-corrected chi connectivity index (χ3v) is 1.88. The van der Waals surface area contributed by atoms with Crippen molar-refractivity contribution < 1.29 is 0 Å². The van der Waals surface area contributed by atoms with Gasteiger partial charge in [0.15, 0.2) is 5.65 Å². The van der Waals surface area contributed by atoms with Crippen molar-refractivity contribution in [3.63, 3.8) is 0 Å². The van der Waals surface area contributed by atoms with Crippen LogP contribution in [-0.4, -0.2) is 26.2 Å². The van der Waals surface area contributed by atoms with Gasteiger partial charge in [0.25, 0.3) is 0 Å². The van der Waals surface area contributed by atoms with Gasteiger partial charge in [-0.2, -0.15) is 15.1 Å². The lowest BCUT2D eigenvalue weighted by Gasteiger charge is -2.09. The topological polar surface area (TPSA) is 66.5 Å². The molecule has 0 atom stereocenters. The van der Waals surface area contributed by atoms with E-state index >= 15 is 0 Å². The number of rotatable bonds is 2. The largest absolute Gasteiger partial charge is 0.367 e. The van der Waals surface area contributed by atoms with Crippen LogP contribution in [0.3, 0.4) is 0 Å². The van der Waals surface area contributed by atoms with Gasteiger partial charge in [0.1, 0.15) is 5.82 Å². The van der Waals surface area contributed by atoms with Crippen molar-refractivity contribution in [1.82, 2.24) is 20.2 Å². The minimum absolute atomic E-state index is 0.213. The molecule has 2 aromatic heterocycles. The summed E-state index contributed by atoms with van der Waals surface area (Å²) in [5.41, 5.74) is 0.646. The molecule has 2 rings (SSSR count). The second-order valence-electron chi connectivity index (χ2n) is 3.27. The fourth-order valence-electron chi connectivity index (χ4n) is 1.19. The van der Waals surface area contributed by atoms with E-state index in [9.17, 15) is 0 Å². The van der Waals surface area contributed by atoms with E-state index in [4.69, 9.17) is 11.6 Å². The van der Waals surface area contributed by atoms with Crippen molar-refractivity contribution >= 4 is 28.5 Å². The maximum absolute atomic E-state index is 5.75. The number of nitrogens with zero attached hydrogens (tertiary/aromatic N) is 3. The quantitative estimate of drug-likeness (QED) is 0.744. The number of aromatic amines is 1. The molecule has 0 bridgehead atoms. The molecule has 0 aliphatic heterocycles. The maximum Gasteiger partial charge on any atom is 0.226 e. The van der Waals surface area contributed by atoms with Crippen LogP contribution in [0, 0.1) is 0 Å². The molecule has 0 amide bonds. The fraction of sp³-hybridized carbons (Fsp3) is 0.375. The van der Waals surface area contributed by atoms with Gasteiger partial charge in [0.2, 0.25) is 5.28 Å². The van der Waals surface area contributed by atoms with Crippen molar-refractivity contribution in [2.24, 2.45) is 0 Å². The number of anilines is 1. The highest BCUT2D eigenvalue weighted by atomic mass is 35.5. The van der Waals surface area contributed by atoms with Crippen molar-refractivity contribution in [3.05, 3.63) is 11.5 Å². The van der Waals surface area contributed by atoms with Gasteiger partial charge in [-0.15, -0.1) is 0 Å². The lowest BCUT2D eigenvalue weighted by atomic mass is 10.3. The van der Waals surface area contributed by atoms with Gasteiger partial charge >= 0.3 is 0 Å². The minimum atomic E-state index is 0.213. The molecule has 0 aromatic carbocycles. The van der Waals surface area contributed by atoms with Crippen LogP contribution in [0.2, 0.25) is 5.28 Å². The Morgan fingerprint density at radius 1 is 1.43 bits per heavy atom. The van der Waals surface area contributed by atoms with Crippen LogP contribution >= 0.6 is 11.6 Å².